The van der Waals surface area contributed by atoms with Crippen LogP contribution in [0.3, 0.4) is 0 Å². The number of para-hydroxylation sites is 2. The van der Waals surface area contributed by atoms with Crippen molar-refractivity contribution in [3.05, 3.63) is 53.6 Å². The molecule has 1 amide bonds. The van der Waals surface area contributed by atoms with E-state index >= 15 is 0 Å². The first-order chi connectivity index (χ1) is 13.8. The van der Waals surface area contributed by atoms with Crippen LogP contribution in [0, 0.1) is 12.8 Å². The molecule has 0 aliphatic heterocycles. The van der Waals surface area contributed by atoms with Crippen molar-refractivity contribution in [2.75, 3.05) is 11.8 Å². The maximum absolute atomic E-state index is 13.0. The minimum atomic E-state index is -3.88. The SMILES string of the molecule is COc1ccccc1NS(=O)(=O)c1cc(C(=O)NC2CCC(C)CC2)ccc1C. The van der Waals surface area contributed by atoms with Gasteiger partial charge in [-0.2, -0.15) is 0 Å². The van der Waals surface area contributed by atoms with Gasteiger partial charge in [0, 0.05) is 11.6 Å². The molecule has 156 valence electrons. The predicted octanol–water partition coefficient (Wildman–Crippen LogP) is 4.11. The molecule has 0 aromatic heterocycles. The molecule has 2 aromatic carbocycles. The number of benzene rings is 2. The maximum atomic E-state index is 13.0. The van der Waals surface area contributed by atoms with E-state index in [1.807, 2.05) is 0 Å². The van der Waals surface area contributed by atoms with Gasteiger partial charge in [0.05, 0.1) is 17.7 Å². The number of hydrogen-bond acceptors (Lipinski definition) is 4. The van der Waals surface area contributed by atoms with Gasteiger partial charge in [-0.15, -0.1) is 0 Å². The van der Waals surface area contributed by atoms with Crippen LogP contribution < -0.4 is 14.8 Å². The number of carbonyl (C=O) groups excluding carboxylic acids is 1. The Balaban J connectivity index is 1.81. The van der Waals surface area contributed by atoms with Gasteiger partial charge in [0.2, 0.25) is 0 Å². The first kappa shape index (κ1) is 21.2. The molecule has 3 rings (SSSR count). The lowest BCUT2D eigenvalue weighted by Crippen LogP contribution is -2.37. The minimum Gasteiger partial charge on any atom is -0.495 e. The zero-order chi connectivity index (χ0) is 21.0. The number of ether oxygens (including phenoxy) is 1. The molecule has 0 saturated heterocycles. The second-order valence-corrected chi connectivity index (χ2v) is 9.37. The number of hydrogen-bond donors (Lipinski definition) is 2. The fourth-order valence-corrected chi connectivity index (χ4v) is 4.97. The first-order valence-corrected chi connectivity index (χ1v) is 11.4. The van der Waals surface area contributed by atoms with E-state index in [1.54, 1.807) is 43.3 Å². The van der Waals surface area contributed by atoms with Crippen molar-refractivity contribution >= 4 is 21.6 Å². The molecule has 0 spiro atoms. The number of amides is 1. The summed E-state index contributed by atoms with van der Waals surface area (Å²) in [6.07, 6.45) is 4.11. The van der Waals surface area contributed by atoms with Crippen LogP contribution in [0.1, 0.15) is 48.5 Å². The van der Waals surface area contributed by atoms with E-state index in [0.29, 0.717) is 28.5 Å². The molecule has 0 heterocycles. The van der Waals surface area contributed by atoms with Crippen molar-refractivity contribution in [1.82, 2.24) is 5.32 Å². The summed E-state index contributed by atoms with van der Waals surface area (Å²) in [5.74, 6) is 0.882. The highest BCUT2D eigenvalue weighted by molar-refractivity contribution is 7.92. The molecule has 1 fully saturated rings. The van der Waals surface area contributed by atoms with Crippen molar-refractivity contribution in [1.29, 1.82) is 0 Å². The van der Waals surface area contributed by atoms with Crippen LogP contribution in [-0.4, -0.2) is 27.5 Å². The summed E-state index contributed by atoms with van der Waals surface area (Å²) in [5, 5.41) is 3.05. The van der Waals surface area contributed by atoms with Gasteiger partial charge < -0.3 is 10.1 Å². The third kappa shape index (κ3) is 5.09. The third-order valence-corrected chi connectivity index (χ3v) is 6.95. The van der Waals surface area contributed by atoms with Crippen LogP contribution in [0.4, 0.5) is 5.69 Å². The molecule has 0 radical (unpaired) electrons. The van der Waals surface area contributed by atoms with Crippen molar-refractivity contribution in [3.8, 4) is 5.75 Å². The van der Waals surface area contributed by atoms with Gasteiger partial charge in [0.1, 0.15) is 5.75 Å². The molecule has 0 bridgehead atoms. The predicted molar refractivity (Wildman–Crippen MR) is 114 cm³/mol. The van der Waals surface area contributed by atoms with Crippen LogP contribution in [0.2, 0.25) is 0 Å². The summed E-state index contributed by atoms with van der Waals surface area (Å²) in [4.78, 5) is 12.8. The summed E-state index contributed by atoms with van der Waals surface area (Å²) < 4.78 is 33.8. The Bertz CT molecular complexity index is 980. The Hall–Kier alpha value is -2.54. The van der Waals surface area contributed by atoms with Crippen LogP contribution in [0.5, 0.6) is 5.75 Å². The van der Waals surface area contributed by atoms with E-state index in [2.05, 4.69) is 17.0 Å². The summed E-state index contributed by atoms with van der Waals surface area (Å²) >= 11 is 0. The molecule has 0 atom stereocenters. The highest BCUT2D eigenvalue weighted by Crippen LogP contribution is 2.28. The Labute approximate surface area is 172 Å². The van der Waals surface area contributed by atoms with E-state index in [1.165, 1.54) is 13.2 Å². The molecule has 0 unspecified atom stereocenters. The average Bonchev–Trinajstić information content (AvgIpc) is 2.70. The lowest BCUT2D eigenvalue weighted by atomic mass is 9.87. The van der Waals surface area contributed by atoms with Crippen molar-refractivity contribution < 1.29 is 17.9 Å². The second kappa shape index (κ2) is 8.86. The number of carbonyl (C=O) groups is 1. The lowest BCUT2D eigenvalue weighted by Gasteiger charge is -2.27. The number of aryl methyl sites for hydroxylation is 1. The average molecular weight is 417 g/mol. The highest BCUT2D eigenvalue weighted by Gasteiger charge is 2.23. The third-order valence-electron chi connectivity index (χ3n) is 5.44. The van der Waals surface area contributed by atoms with Gasteiger partial charge in [-0.05, 0) is 68.4 Å². The topological polar surface area (TPSA) is 84.5 Å². The lowest BCUT2D eigenvalue weighted by molar-refractivity contribution is 0.0922. The molecule has 2 aromatic rings. The zero-order valence-corrected chi connectivity index (χ0v) is 17.9. The van der Waals surface area contributed by atoms with Gasteiger partial charge >= 0.3 is 0 Å². The van der Waals surface area contributed by atoms with Crippen LogP contribution >= 0.6 is 0 Å². The van der Waals surface area contributed by atoms with Gasteiger partial charge in [-0.1, -0.05) is 25.1 Å². The molecule has 1 aliphatic rings. The monoisotopic (exact) mass is 416 g/mol. The van der Waals surface area contributed by atoms with Crippen LogP contribution in [-0.2, 0) is 10.0 Å². The molecule has 29 heavy (non-hydrogen) atoms. The number of methoxy groups -OCH3 is 1. The fraction of sp³-hybridized carbons (Fsp3) is 0.409. The van der Waals surface area contributed by atoms with Gasteiger partial charge in [0.15, 0.2) is 0 Å². The van der Waals surface area contributed by atoms with Crippen LogP contribution in [0.25, 0.3) is 0 Å². The van der Waals surface area contributed by atoms with E-state index in [4.69, 9.17) is 4.74 Å². The highest BCUT2D eigenvalue weighted by atomic mass is 32.2. The van der Waals surface area contributed by atoms with Crippen LogP contribution in [0.15, 0.2) is 47.4 Å². The van der Waals surface area contributed by atoms with E-state index in [9.17, 15) is 13.2 Å². The quantitative estimate of drug-likeness (QED) is 0.742. The van der Waals surface area contributed by atoms with Gasteiger partial charge in [0.25, 0.3) is 15.9 Å². The number of nitrogens with one attached hydrogen (secondary N) is 2. The summed E-state index contributed by atoms with van der Waals surface area (Å²) in [6, 6.07) is 11.7. The van der Waals surface area contributed by atoms with Gasteiger partial charge in [-0.3, -0.25) is 9.52 Å². The summed E-state index contributed by atoms with van der Waals surface area (Å²) in [6.45, 7) is 3.94. The standard InChI is InChI=1S/C22H28N2O4S/c1-15-8-12-18(13-9-15)23-22(25)17-11-10-16(2)21(14-17)29(26,27)24-19-6-4-5-7-20(19)28-3/h4-7,10-11,14-15,18,24H,8-9,12-13H2,1-3H3,(H,23,25). The number of anilines is 1. The normalized spacial score (nSPS) is 19.4. The van der Waals surface area contributed by atoms with Crippen molar-refractivity contribution in [2.24, 2.45) is 5.92 Å². The number of sulfonamides is 1. The van der Waals surface area contributed by atoms with E-state index in [-0.39, 0.29) is 16.8 Å². The fourth-order valence-electron chi connectivity index (χ4n) is 3.63. The Morgan fingerprint density at radius 1 is 1.07 bits per heavy atom. The Kier molecular flexibility index (Phi) is 6.47. The zero-order valence-electron chi connectivity index (χ0n) is 17.1. The largest absolute Gasteiger partial charge is 0.495 e. The smallest absolute Gasteiger partial charge is 0.262 e. The molecule has 7 heteroatoms. The molecular formula is C22H28N2O4S. The molecule has 1 aliphatic carbocycles. The minimum absolute atomic E-state index is 0.0772. The van der Waals surface area contributed by atoms with Crippen molar-refractivity contribution in [3.63, 3.8) is 0 Å². The maximum Gasteiger partial charge on any atom is 0.262 e. The van der Waals surface area contributed by atoms with E-state index < -0.39 is 10.0 Å². The van der Waals surface area contributed by atoms with Crippen molar-refractivity contribution in [2.45, 2.75) is 50.5 Å². The second-order valence-electron chi connectivity index (χ2n) is 7.72. The molecule has 2 N–H and O–H groups in total. The molecule has 1 saturated carbocycles. The Morgan fingerprint density at radius 3 is 2.45 bits per heavy atom. The molecule has 6 nitrogen and oxygen atoms in total. The van der Waals surface area contributed by atoms with Gasteiger partial charge in [-0.25, -0.2) is 8.42 Å². The molecular weight excluding hydrogens is 388 g/mol. The summed E-state index contributed by atoms with van der Waals surface area (Å²) in [5.41, 5.74) is 1.26. The first-order valence-electron chi connectivity index (χ1n) is 9.87. The van der Waals surface area contributed by atoms with E-state index in [0.717, 1.165) is 25.7 Å². The summed E-state index contributed by atoms with van der Waals surface area (Å²) in [7, 11) is -2.40. The Morgan fingerprint density at radius 2 is 1.76 bits per heavy atom. The number of rotatable bonds is 6.